The fourth-order valence-electron chi connectivity index (χ4n) is 12.7. The van der Waals surface area contributed by atoms with Crippen molar-refractivity contribution in [1.82, 2.24) is 30.9 Å². The zero-order valence-electron chi connectivity index (χ0n) is 62.0. The number of aliphatic hydroxyl groups excluding tert-OH is 1. The van der Waals surface area contributed by atoms with E-state index in [0.717, 1.165) is 11.1 Å². The maximum Gasteiger partial charge on any atom is 0.531 e. The van der Waals surface area contributed by atoms with Crippen molar-refractivity contribution in [3.63, 3.8) is 0 Å². The Hall–Kier alpha value is -9.26. The largest absolute Gasteiger partial charge is 0.531 e. The maximum atomic E-state index is 13.6. The molecule has 3 amide bonds. The van der Waals surface area contributed by atoms with Crippen LogP contribution in [0.5, 0.6) is 0 Å². The summed E-state index contributed by atoms with van der Waals surface area (Å²) in [7, 11) is -3.63. The van der Waals surface area contributed by atoms with Gasteiger partial charge in [0.1, 0.15) is 17.4 Å². The fraction of sp³-hybridized carbons (Fsp3) is 0.480. The van der Waals surface area contributed by atoms with Crippen molar-refractivity contribution in [2.75, 3.05) is 6.54 Å². The number of pyridine rings is 1. The van der Waals surface area contributed by atoms with Crippen molar-refractivity contribution in [3.05, 3.63) is 148 Å². The third kappa shape index (κ3) is 25.2. The second-order valence-corrected chi connectivity index (χ2v) is 29.1. The van der Waals surface area contributed by atoms with E-state index in [-0.39, 0.29) is 103 Å². The van der Waals surface area contributed by atoms with Crippen LogP contribution in [0.3, 0.4) is 0 Å². The normalized spacial score (nSPS) is 19.4. The smallest absolute Gasteiger partial charge is 0.509 e. The van der Waals surface area contributed by atoms with Crippen molar-refractivity contribution >= 4 is 115 Å². The second kappa shape index (κ2) is 40.8. The van der Waals surface area contributed by atoms with Crippen molar-refractivity contribution < 1.29 is 106 Å². The highest BCUT2D eigenvalue weighted by atomic mass is 35.5. The number of nitrogens with one attached hydrogen (secondary N) is 3. The minimum Gasteiger partial charge on any atom is -0.509 e. The SMILES string of the molecule is CCC1(C(=O)O)CC(=O)OB([C@@H](CC(=O)CNC(=O)c2cc(Cl)ccc2Cl)CC(C)C)O1.CCC1(C(=O)O)CC(=O)OB([C@@H](CC(=O)[C@@H](NC(=O)c2cccc(-c3ccccc3)n2)[C@@H](C)O)CC(C)C)O1.CCC1(C(=O)O)CC(=O)OB([C@@H](CC(=O)[C@H](Cc2ccccc2)NC(=O)c2cnccn2)CC(C)C)O1. The Morgan fingerprint density at radius 3 is 1.45 bits per heavy atom. The molecular formula is C75H93B3Cl2N6O22. The van der Waals surface area contributed by atoms with Crippen LogP contribution in [0.15, 0.2) is 116 Å². The van der Waals surface area contributed by atoms with Gasteiger partial charge in [0.05, 0.1) is 60.4 Å². The van der Waals surface area contributed by atoms with Crippen LogP contribution in [0.2, 0.25) is 27.5 Å². The number of carboxylic acid groups (broad SMARTS) is 3. The first-order chi connectivity index (χ1) is 51.0. The first-order valence-electron chi connectivity index (χ1n) is 35.8. The van der Waals surface area contributed by atoms with Gasteiger partial charge in [-0.1, -0.05) is 152 Å². The van der Waals surface area contributed by atoms with Gasteiger partial charge in [-0.2, -0.15) is 0 Å². The van der Waals surface area contributed by atoms with Crippen LogP contribution in [0.25, 0.3) is 11.3 Å². The molecular weight excluding hydrogens is 1440 g/mol. The predicted molar refractivity (Wildman–Crippen MR) is 398 cm³/mol. The summed E-state index contributed by atoms with van der Waals surface area (Å²) in [5, 5.41) is 47.9. The molecule has 3 aliphatic rings. The number of aliphatic carboxylic acids is 3. The average Bonchev–Trinajstić information content (AvgIpc) is 0.798. The van der Waals surface area contributed by atoms with Gasteiger partial charge in [0.2, 0.25) is 0 Å². The molecule has 28 nitrogen and oxygen atoms in total. The minimum atomic E-state index is -1.74. The van der Waals surface area contributed by atoms with Gasteiger partial charge in [0.25, 0.3) is 35.6 Å². The van der Waals surface area contributed by atoms with Gasteiger partial charge < -0.3 is 64.3 Å². The van der Waals surface area contributed by atoms with Gasteiger partial charge in [-0.3, -0.25) is 48.1 Å². The van der Waals surface area contributed by atoms with E-state index in [2.05, 4.69) is 30.9 Å². The number of Topliss-reactive ketones (excluding diaryl/α,β-unsaturated/α-hetero) is 3. The molecule has 108 heavy (non-hydrogen) atoms. The van der Waals surface area contributed by atoms with Crippen molar-refractivity contribution in [2.24, 2.45) is 17.8 Å². The molecule has 0 aliphatic carbocycles. The number of amides is 3. The first-order valence-corrected chi connectivity index (χ1v) is 36.6. The van der Waals surface area contributed by atoms with Gasteiger partial charge in [0, 0.05) is 59.7 Å². The molecule has 8 rings (SSSR count). The molecule has 3 fully saturated rings. The molecule has 2 aromatic heterocycles. The number of carbonyl (C=O) groups is 12. The van der Waals surface area contributed by atoms with Crippen molar-refractivity contribution in [1.29, 1.82) is 0 Å². The molecule has 3 saturated heterocycles. The van der Waals surface area contributed by atoms with Crippen molar-refractivity contribution in [3.8, 4) is 11.3 Å². The lowest BCUT2D eigenvalue weighted by Crippen LogP contribution is -2.55. The highest BCUT2D eigenvalue weighted by Gasteiger charge is 2.56. The number of benzene rings is 3. The number of aliphatic hydroxyl groups is 1. The number of carbonyl (C=O) groups excluding carboxylic acids is 9. The lowest BCUT2D eigenvalue weighted by molar-refractivity contribution is -0.171. The Morgan fingerprint density at radius 2 is 1.01 bits per heavy atom. The Bertz CT molecular complexity index is 3980. The third-order valence-corrected chi connectivity index (χ3v) is 19.0. The molecule has 5 aromatic rings. The maximum absolute atomic E-state index is 13.6. The van der Waals surface area contributed by atoms with Crippen LogP contribution in [0, 0.1) is 17.8 Å². The lowest BCUT2D eigenvalue weighted by atomic mass is 9.63. The first kappa shape index (κ1) is 87.7. The number of hydrogen-bond acceptors (Lipinski definition) is 22. The van der Waals surface area contributed by atoms with E-state index in [0.29, 0.717) is 30.0 Å². The lowest BCUT2D eigenvalue weighted by Gasteiger charge is -2.38. The Labute approximate surface area is 638 Å². The van der Waals surface area contributed by atoms with Crippen LogP contribution in [0.1, 0.15) is 183 Å². The molecule has 0 saturated carbocycles. The van der Waals surface area contributed by atoms with E-state index in [1.807, 2.05) is 102 Å². The van der Waals surface area contributed by atoms with E-state index in [4.69, 9.17) is 51.1 Å². The summed E-state index contributed by atoms with van der Waals surface area (Å²) >= 11 is 11.9. The van der Waals surface area contributed by atoms with E-state index in [1.54, 1.807) is 39.0 Å². The number of halogens is 2. The summed E-state index contributed by atoms with van der Waals surface area (Å²) in [6.07, 6.45) is 3.00. The van der Waals surface area contributed by atoms with Gasteiger partial charge in [-0.25, -0.2) is 24.4 Å². The van der Waals surface area contributed by atoms with Gasteiger partial charge >= 0.3 is 39.3 Å². The monoisotopic (exact) mass is 1530 g/mol. The van der Waals surface area contributed by atoms with E-state index in [1.165, 1.54) is 43.7 Å². The van der Waals surface area contributed by atoms with Crippen LogP contribution in [-0.2, 0) is 77.5 Å². The highest BCUT2D eigenvalue weighted by molar-refractivity contribution is 6.51. The van der Waals surface area contributed by atoms with E-state index < -0.39 is 152 Å². The van der Waals surface area contributed by atoms with Crippen LogP contribution < -0.4 is 16.0 Å². The molecule has 9 atom stereocenters. The zero-order chi connectivity index (χ0) is 79.8. The van der Waals surface area contributed by atoms with E-state index >= 15 is 0 Å². The minimum absolute atomic E-state index is 0.0394. The summed E-state index contributed by atoms with van der Waals surface area (Å²) in [4.78, 5) is 163. The topological polar surface area (TPSA) is 416 Å². The fourth-order valence-corrected chi connectivity index (χ4v) is 13.0. The molecule has 3 unspecified atom stereocenters. The van der Waals surface area contributed by atoms with Crippen molar-refractivity contribution in [2.45, 2.75) is 205 Å². The Balaban J connectivity index is 0.000000255. The third-order valence-electron chi connectivity index (χ3n) is 18.4. The van der Waals surface area contributed by atoms with Crippen LogP contribution in [0.4, 0.5) is 0 Å². The summed E-state index contributed by atoms with van der Waals surface area (Å²) in [5.41, 5.74) is -2.60. The summed E-state index contributed by atoms with van der Waals surface area (Å²) in [5.74, 6) is -10.3. The molecule has 0 bridgehead atoms. The number of ketones is 3. The highest BCUT2D eigenvalue weighted by Crippen LogP contribution is 2.40. The Morgan fingerprint density at radius 1 is 0.546 bits per heavy atom. The van der Waals surface area contributed by atoms with Gasteiger partial charge in [0.15, 0.2) is 34.2 Å². The molecule has 578 valence electrons. The van der Waals surface area contributed by atoms with Gasteiger partial charge in [-0.05, 0) is 106 Å². The average molecular weight is 1530 g/mol. The quantitative estimate of drug-likeness (QED) is 0.0188. The van der Waals surface area contributed by atoms with Crippen LogP contribution >= 0.6 is 23.2 Å². The molecule has 3 aromatic carbocycles. The number of rotatable bonds is 34. The summed E-state index contributed by atoms with van der Waals surface area (Å²) in [6, 6.07) is 25.8. The Kier molecular flexibility index (Phi) is 33.1. The molecule has 0 spiro atoms. The predicted octanol–water partition coefficient (Wildman–Crippen LogP) is 9.95. The standard InChI is InChI=1S/C28H35BN2O8.C26H32BN3O7.C21H26BCl2NO7/c1-5-28(27(36)37)16-24(34)38-29(39-28)20(14-17(2)3)15-23(33)25(18(4)32)31-26(35)22-13-9-12-21(30-22)19-10-7-6-8-11-19;1-4-26(25(34)35)15-23(32)36-27(37-26)19(12-17(2)3)14-22(31)20(13-18-8-6-5-7-9-18)30-24(33)21-16-28-10-11-29-21;1-4-21(20(29)30)10-18(27)31-22(32-21)13(7-12(2)3)8-15(26)11-25-19(28)16-9-14(23)5-6-17(16)24/h6-13,17-18,20,25,32H,5,14-16H2,1-4H3,(H,31,35)(H,36,37);5-11,16-17,19-20H,4,12-15H2,1-3H3,(H,30,33)(H,34,35);5-6,9,12-13H,4,7-8,10-11H2,1-3H3,(H,25,28)(H,29,30)/t18-,20-,25+,28?;19-,20+,26?;13-,21?/m111/s1. The molecule has 5 heterocycles. The number of aromatic nitrogens is 3. The van der Waals surface area contributed by atoms with Crippen LogP contribution in [-0.4, -0.2) is 169 Å². The molecule has 3 aliphatic heterocycles. The summed E-state index contributed by atoms with van der Waals surface area (Å²) < 4.78 is 33.5. The number of nitrogens with zero attached hydrogens (tertiary/aromatic N) is 3. The molecule has 33 heteroatoms. The summed E-state index contributed by atoms with van der Waals surface area (Å²) in [6.45, 7) is 17.5. The molecule has 7 N–H and O–H groups in total. The van der Waals surface area contributed by atoms with Gasteiger partial charge in [-0.15, -0.1) is 0 Å². The second-order valence-electron chi connectivity index (χ2n) is 28.2. The number of carboxylic acids is 3. The zero-order valence-corrected chi connectivity index (χ0v) is 63.5. The van der Waals surface area contributed by atoms with E-state index in [9.17, 15) is 78.0 Å². The number of hydrogen-bond donors (Lipinski definition) is 7. The molecule has 0 radical (unpaired) electrons.